The third kappa shape index (κ3) is 1.42. The minimum Gasteiger partial charge on any atom is -0.410 e. The van der Waals surface area contributed by atoms with Crippen molar-refractivity contribution < 1.29 is 5.21 Å². The Bertz CT molecular complexity index is 444. The van der Waals surface area contributed by atoms with E-state index in [1.165, 1.54) is 11.3 Å². The predicted molar refractivity (Wildman–Crippen MR) is 55.1 cm³/mol. The van der Waals surface area contributed by atoms with Crippen LogP contribution in [0.1, 0.15) is 16.3 Å². The van der Waals surface area contributed by atoms with Crippen molar-refractivity contribution in [3.8, 4) is 0 Å². The molecule has 14 heavy (non-hydrogen) atoms. The van der Waals surface area contributed by atoms with Gasteiger partial charge in [-0.25, -0.2) is 4.98 Å². The van der Waals surface area contributed by atoms with Crippen molar-refractivity contribution in [1.82, 2.24) is 9.97 Å². The summed E-state index contributed by atoms with van der Waals surface area (Å²) in [5.41, 5.74) is 3.70. The summed E-state index contributed by atoms with van der Waals surface area (Å²) in [6.45, 7) is 1.95. The molecular weight excluding hydrogens is 198 g/mol. The molecule has 2 rings (SSSR count). The first kappa shape index (κ1) is 8.96. The third-order valence-electron chi connectivity index (χ3n) is 1.92. The van der Waals surface area contributed by atoms with Gasteiger partial charge in [-0.15, -0.1) is 11.3 Å². The Hall–Kier alpha value is -1.62. The molecule has 0 bridgehead atoms. The molecule has 0 aromatic carbocycles. The molecule has 0 atom stereocenters. The number of nitrogens with zero attached hydrogens (tertiary/aromatic N) is 2. The molecule has 72 valence electrons. The Morgan fingerprint density at radius 1 is 1.64 bits per heavy atom. The van der Waals surface area contributed by atoms with E-state index in [1.807, 2.05) is 19.1 Å². The van der Waals surface area contributed by atoms with Crippen LogP contribution in [0.4, 0.5) is 0 Å². The molecule has 0 saturated heterocycles. The lowest BCUT2D eigenvalue weighted by atomic mass is 10.2. The first-order valence-electron chi connectivity index (χ1n) is 4.09. The average molecular weight is 207 g/mol. The summed E-state index contributed by atoms with van der Waals surface area (Å²) >= 11 is 1.53. The van der Waals surface area contributed by atoms with Gasteiger partial charge in [-0.2, -0.15) is 0 Å². The van der Waals surface area contributed by atoms with Gasteiger partial charge in [0, 0.05) is 11.1 Å². The number of aromatic nitrogens is 2. The van der Waals surface area contributed by atoms with Crippen molar-refractivity contribution in [3.63, 3.8) is 0 Å². The van der Waals surface area contributed by atoms with Crippen LogP contribution >= 0.6 is 11.3 Å². The fourth-order valence-corrected chi connectivity index (χ4v) is 1.82. The van der Waals surface area contributed by atoms with Crippen LogP contribution in [-0.4, -0.2) is 20.9 Å². The first-order valence-corrected chi connectivity index (χ1v) is 4.97. The molecule has 4 nitrogen and oxygen atoms in total. The zero-order valence-electron chi connectivity index (χ0n) is 7.56. The standard InChI is InChI=1S/C9H9N3OS/c1-6-8(11-5-14-6)9(12-13)7-3-2-4-10-7/h2-5,10,13H,1H3/b12-9+. The van der Waals surface area contributed by atoms with Gasteiger partial charge in [0.1, 0.15) is 5.69 Å². The van der Waals surface area contributed by atoms with Gasteiger partial charge in [0.05, 0.1) is 11.2 Å². The highest BCUT2D eigenvalue weighted by molar-refractivity contribution is 7.09. The highest BCUT2D eigenvalue weighted by Crippen LogP contribution is 2.15. The molecule has 5 heteroatoms. The molecule has 2 aromatic rings. The van der Waals surface area contributed by atoms with Gasteiger partial charge in [-0.3, -0.25) is 0 Å². The minimum atomic E-state index is 0.480. The lowest BCUT2D eigenvalue weighted by Crippen LogP contribution is -2.05. The van der Waals surface area contributed by atoms with E-state index >= 15 is 0 Å². The maximum atomic E-state index is 8.93. The molecule has 2 aromatic heterocycles. The molecule has 0 unspecified atom stereocenters. The molecule has 0 amide bonds. The summed E-state index contributed by atoms with van der Waals surface area (Å²) in [6.07, 6.45) is 1.78. The fourth-order valence-electron chi connectivity index (χ4n) is 1.24. The topological polar surface area (TPSA) is 61.3 Å². The number of thiazole rings is 1. The Kier molecular flexibility index (Phi) is 2.32. The van der Waals surface area contributed by atoms with Crippen LogP contribution < -0.4 is 0 Å². The minimum absolute atomic E-state index is 0.480. The van der Waals surface area contributed by atoms with E-state index in [0.717, 1.165) is 16.3 Å². The molecule has 0 aliphatic carbocycles. The van der Waals surface area contributed by atoms with Crippen LogP contribution in [0, 0.1) is 6.92 Å². The Morgan fingerprint density at radius 2 is 2.50 bits per heavy atom. The average Bonchev–Trinajstić information content (AvgIpc) is 2.80. The smallest absolute Gasteiger partial charge is 0.152 e. The van der Waals surface area contributed by atoms with E-state index in [2.05, 4.69) is 15.1 Å². The SMILES string of the molecule is Cc1scnc1/C(=N/O)c1ccc[nH]1. The predicted octanol–water partition coefficient (Wildman–Crippen LogP) is 2.01. The summed E-state index contributed by atoms with van der Waals surface area (Å²) in [6, 6.07) is 3.69. The Balaban J connectivity index is 2.47. The summed E-state index contributed by atoms with van der Waals surface area (Å²) in [5.74, 6) is 0. The molecule has 0 radical (unpaired) electrons. The summed E-state index contributed by atoms with van der Waals surface area (Å²) in [4.78, 5) is 8.16. The van der Waals surface area contributed by atoms with Crippen LogP contribution in [0.25, 0.3) is 0 Å². The number of H-pyrrole nitrogens is 1. The van der Waals surface area contributed by atoms with Gasteiger partial charge in [-0.1, -0.05) is 5.16 Å². The van der Waals surface area contributed by atoms with E-state index in [0.29, 0.717) is 5.71 Å². The van der Waals surface area contributed by atoms with Crippen LogP contribution in [-0.2, 0) is 0 Å². The van der Waals surface area contributed by atoms with E-state index in [4.69, 9.17) is 5.21 Å². The maximum Gasteiger partial charge on any atom is 0.152 e. The van der Waals surface area contributed by atoms with Crippen LogP contribution in [0.15, 0.2) is 29.0 Å². The van der Waals surface area contributed by atoms with E-state index < -0.39 is 0 Å². The number of aryl methyl sites for hydroxylation is 1. The number of nitrogens with one attached hydrogen (secondary N) is 1. The lowest BCUT2D eigenvalue weighted by Gasteiger charge is -1.98. The highest BCUT2D eigenvalue weighted by atomic mass is 32.1. The van der Waals surface area contributed by atoms with Gasteiger partial charge >= 0.3 is 0 Å². The number of oxime groups is 1. The zero-order chi connectivity index (χ0) is 9.97. The first-order chi connectivity index (χ1) is 6.83. The van der Waals surface area contributed by atoms with E-state index in [1.54, 1.807) is 11.7 Å². The molecule has 0 aliphatic heterocycles. The number of hydrogen-bond donors (Lipinski definition) is 2. The molecule has 0 aliphatic rings. The Labute approximate surface area is 84.9 Å². The lowest BCUT2D eigenvalue weighted by molar-refractivity contribution is 0.319. The van der Waals surface area contributed by atoms with Gasteiger partial charge < -0.3 is 10.2 Å². The van der Waals surface area contributed by atoms with Crippen LogP contribution in [0.5, 0.6) is 0 Å². The van der Waals surface area contributed by atoms with Crippen molar-refractivity contribution in [3.05, 3.63) is 40.1 Å². The van der Waals surface area contributed by atoms with Crippen molar-refractivity contribution in [2.75, 3.05) is 0 Å². The largest absolute Gasteiger partial charge is 0.410 e. The fraction of sp³-hybridized carbons (Fsp3) is 0.111. The summed E-state index contributed by atoms with van der Waals surface area (Å²) < 4.78 is 0. The van der Waals surface area contributed by atoms with E-state index in [9.17, 15) is 0 Å². The third-order valence-corrected chi connectivity index (χ3v) is 2.68. The van der Waals surface area contributed by atoms with Crippen molar-refractivity contribution >= 4 is 17.0 Å². The van der Waals surface area contributed by atoms with Gasteiger partial charge in [0.2, 0.25) is 0 Å². The molecule has 0 saturated carbocycles. The molecule has 0 fully saturated rings. The molecule has 2 heterocycles. The van der Waals surface area contributed by atoms with Crippen LogP contribution in [0.3, 0.4) is 0 Å². The maximum absolute atomic E-state index is 8.93. The number of aromatic amines is 1. The second-order valence-corrected chi connectivity index (χ2v) is 3.85. The van der Waals surface area contributed by atoms with Crippen molar-refractivity contribution in [2.24, 2.45) is 5.16 Å². The van der Waals surface area contributed by atoms with Crippen molar-refractivity contribution in [1.29, 1.82) is 0 Å². The van der Waals surface area contributed by atoms with Gasteiger partial charge in [0.15, 0.2) is 5.71 Å². The molecule has 0 spiro atoms. The van der Waals surface area contributed by atoms with E-state index in [-0.39, 0.29) is 0 Å². The molecular formula is C9H9N3OS. The summed E-state index contributed by atoms with van der Waals surface area (Å²) in [5, 5.41) is 12.2. The van der Waals surface area contributed by atoms with Crippen LogP contribution in [0.2, 0.25) is 0 Å². The highest BCUT2D eigenvalue weighted by Gasteiger charge is 2.13. The monoisotopic (exact) mass is 207 g/mol. The normalized spacial score (nSPS) is 11.9. The zero-order valence-corrected chi connectivity index (χ0v) is 8.38. The molecule has 2 N–H and O–H groups in total. The second kappa shape index (κ2) is 3.63. The number of hydrogen-bond acceptors (Lipinski definition) is 4. The van der Waals surface area contributed by atoms with Gasteiger partial charge in [-0.05, 0) is 19.1 Å². The van der Waals surface area contributed by atoms with Crippen molar-refractivity contribution in [2.45, 2.75) is 6.92 Å². The quantitative estimate of drug-likeness (QED) is 0.449. The van der Waals surface area contributed by atoms with Gasteiger partial charge in [0.25, 0.3) is 0 Å². The number of rotatable bonds is 2. The Morgan fingerprint density at radius 3 is 3.00 bits per heavy atom. The second-order valence-electron chi connectivity index (χ2n) is 2.79. The summed E-state index contributed by atoms with van der Waals surface area (Å²) in [7, 11) is 0.